The van der Waals surface area contributed by atoms with E-state index in [9.17, 15) is 33.0 Å². The number of halogens is 3. The van der Waals surface area contributed by atoms with Gasteiger partial charge in [0.15, 0.2) is 6.23 Å². The molecular weight excluding hydrogens is 301 g/mol. The van der Waals surface area contributed by atoms with Crippen LogP contribution >= 0.6 is 0 Å². The number of hydrogen-bond donors (Lipinski definition) is 4. The second-order valence-corrected chi connectivity index (χ2v) is 4.44. The van der Waals surface area contributed by atoms with E-state index in [1.54, 1.807) is 0 Å². The van der Waals surface area contributed by atoms with E-state index in [0.717, 1.165) is 0 Å². The highest BCUT2D eigenvalue weighted by Crippen LogP contribution is 2.30. The Morgan fingerprint density at radius 3 is 2.38 bits per heavy atom. The number of alkyl halides is 3. The number of hydrogen-bond acceptors (Lipinski definition) is 6. The molecule has 1 aromatic heterocycles. The number of nitrogens with one attached hydrogen (secondary N) is 1. The molecule has 0 saturated carbocycles. The Labute approximate surface area is 114 Å². The summed E-state index contributed by atoms with van der Waals surface area (Å²) in [5, 5.41) is 28.1. The lowest BCUT2D eigenvalue weighted by Gasteiger charge is -2.18. The molecule has 4 N–H and O–H groups in total. The van der Waals surface area contributed by atoms with E-state index in [2.05, 4.69) is 0 Å². The highest BCUT2D eigenvalue weighted by Gasteiger charge is 2.44. The van der Waals surface area contributed by atoms with Crippen molar-refractivity contribution in [2.45, 2.75) is 30.7 Å². The smallest absolute Gasteiger partial charge is 0.394 e. The van der Waals surface area contributed by atoms with Gasteiger partial charge in [-0.05, 0) is 0 Å². The highest BCUT2D eigenvalue weighted by molar-refractivity contribution is 5.10. The van der Waals surface area contributed by atoms with Crippen molar-refractivity contribution in [1.82, 2.24) is 9.55 Å². The third-order valence-corrected chi connectivity index (χ3v) is 3.06. The zero-order chi connectivity index (χ0) is 15.9. The van der Waals surface area contributed by atoms with Crippen molar-refractivity contribution in [1.29, 1.82) is 0 Å². The molecule has 1 fully saturated rings. The number of nitrogens with zero attached hydrogens (tertiary/aromatic N) is 1. The van der Waals surface area contributed by atoms with Gasteiger partial charge in [-0.1, -0.05) is 0 Å². The summed E-state index contributed by atoms with van der Waals surface area (Å²) in [7, 11) is 0. The first kappa shape index (κ1) is 15.7. The van der Waals surface area contributed by atoms with E-state index in [4.69, 9.17) is 9.84 Å². The molecule has 0 aliphatic carbocycles. The molecule has 1 unspecified atom stereocenters. The monoisotopic (exact) mass is 312 g/mol. The van der Waals surface area contributed by atoms with Crippen LogP contribution in [0.2, 0.25) is 0 Å². The Morgan fingerprint density at radius 2 is 1.90 bits per heavy atom. The topological polar surface area (TPSA) is 125 Å². The van der Waals surface area contributed by atoms with E-state index in [1.165, 1.54) is 4.98 Å². The molecule has 4 atom stereocenters. The number of ether oxygens (including phenoxy) is 1. The number of aliphatic hydroxyl groups is 3. The Kier molecular flexibility index (Phi) is 3.93. The first-order valence-electron chi connectivity index (χ1n) is 5.72. The maximum Gasteiger partial charge on any atom is 0.423 e. The van der Waals surface area contributed by atoms with Crippen LogP contribution in [0.4, 0.5) is 13.2 Å². The third kappa shape index (κ3) is 2.72. The number of rotatable bonds is 2. The molecule has 0 aromatic carbocycles. The van der Waals surface area contributed by atoms with Gasteiger partial charge < -0.3 is 20.1 Å². The van der Waals surface area contributed by atoms with Crippen LogP contribution in [0.15, 0.2) is 15.8 Å². The van der Waals surface area contributed by atoms with E-state index >= 15 is 0 Å². The van der Waals surface area contributed by atoms with Crippen LogP contribution < -0.4 is 11.2 Å². The molecule has 1 aliphatic rings. The number of H-pyrrole nitrogens is 1. The van der Waals surface area contributed by atoms with Crippen molar-refractivity contribution in [3.8, 4) is 0 Å². The minimum Gasteiger partial charge on any atom is -0.394 e. The zero-order valence-corrected chi connectivity index (χ0v) is 10.2. The molecule has 2 heterocycles. The second-order valence-electron chi connectivity index (χ2n) is 4.44. The van der Waals surface area contributed by atoms with Crippen LogP contribution in [-0.2, 0) is 10.9 Å². The summed E-state index contributed by atoms with van der Waals surface area (Å²) < 4.78 is 43.2. The van der Waals surface area contributed by atoms with Gasteiger partial charge in [-0.3, -0.25) is 14.3 Å². The molecule has 8 nitrogen and oxygen atoms in total. The van der Waals surface area contributed by atoms with E-state index < -0.39 is 54.1 Å². The second kappa shape index (κ2) is 5.26. The highest BCUT2D eigenvalue weighted by atomic mass is 19.4. The lowest BCUT2D eigenvalue weighted by atomic mass is 10.1. The average molecular weight is 312 g/mol. The molecule has 0 amide bonds. The standard InChI is InChI=1S/C10H11F3N2O6/c11-10(12,13)3-1-15(9(20)14-7(3)19)8-6(18)5(17)4(2-16)21-8/h1,4-6,8,16-18H,2H2,(H,14,19,20)/t4-,5+,6?,8-/m1/s1. The maximum absolute atomic E-state index is 12.6. The average Bonchev–Trinajstić information content (AvgIpc) is 2.65. The zero-order valence-electron chi connectivity index (χ0n) is 10.2. The van der Waals surface area contributed by atoms with Crippen molar-refractivity contribution in [3.05, 3.63) is 32.6 Å². The molecule has 11 heteroatoms. The Hall–Kier alpha value is -1.69. The lowest BCUT2D eigenvalue weighted by Crippen LogP contribution is -2.40. The van der Waals surface area contributed by atoms with Crippen LogP contribution in [0.3, 0.4) is 0 Å². The van der Waals surface area contributed by atoms with Crippen LogP contribution in [0.5, 0.6) is 0 Å². The van der Waals surface area contributed by atoms with Crippen LogP contribution in [0.25, 0.3) is 0 Å². The summed E-state index contributed by atoms with van der Waals surface area (Å²) in [5.74, 6) is 0. The van der Waals surface area contributed by atoms with Gasteiger partial charge in [0.05, 0.1) is 6.61 Å². The first-order valence-corrected chi connectivity index (χ1v) is 5.72. The van der Waals surface area contributed by atoms with Crippen LogP contribution in [0, 0.1) is 0 Å². The normalized spacial score (nSPS) is 29.8. The van der Waals surface area contributed by atoms with Gasteiger partial charge in [0.1, 0.15) is 23.9 Å². The van der Waals surface area contributed by atoms with Crippen LogP contribution in [-0.4, -0.2) is 49.8 Å². The molecule has 118 valence electrons. The fourth-order valence-electron chi connectivity index (χ4n) is 1.99. The molecule has 1 aliphatic heterocycles. The predicted molar refractivity (Wildman–Crippen MR) is 59.3 cm³/mol. The SMILES string of the molecule is O=c1[nH]c(=O)n([C@@H]2O[C@H](CO)[C@H](O)C2O)cc1C(F)(F)F. The van der Waals surface area contributed by atoms with Crippen molar-refractivity contribution >= 4 is 0 Å². The summed E-state index contributed by atoms with van der Waals surface area (Å²) in [6.45, 7) is -0.709. The number of aromatic amines is 1. The summed E-state index contributed by atoms with van der Waals surface area (Å²) in [5.41, 5.74) is -4.53. The molecule has 0 bridgehead atoms. The van der Waals surface area contributed by atoms with E-state index in [0.29, 0.717) is 4.57 Å². The quantitative estimate of drug-likeness (QED) is 0.509. The van der Waals surface area contributed by atoms with Gasteiger partial charge >= 0.3 is 11.9 Å². The minimum atomic E-state index is -5.01. The van der Waals surface area contributed by atoms with Crippen molar-refractivity contribution in [3.63, 3.8) is 0 Å². The fraction of sp³-hybridized carbons (Fsp3) is 0.600. The van der Waals surface area contributed by atoms with Gasteiger partial charge in [-0.15, -0.1) is 0 Å². The van der Waals surface area contributed by atoms with Gasteiger partial charge in [-0.2, -0.15) is 13.2 Å². The van der Waals surface area contributed by atoms with Gasteiger partial charge in [0.25, 0.3) is 5.56 Å². The predicted octanol–water partition coefficient (Wildman–Crippen LogP) is -1.83. The Balaban J connectivity index is 2.50. The van der Waals surface area contributed by atoms with Crippen molar-refractivity contribution < 1.29 is 33.2 Å². The summed E-state index contributed by atoms with van der Waals surface area (Å²) in [6.07, 6.45) is -11.1. The molecule has 21 heavy (non-hydrogen) atoms. The largest absolute Gasteiger partial charge is 0.423 e. The van der Waals surface area contributed by atoms with E-state index in [1.807, 2.05) is 0 Å². The molecule has 2 rings (SSSR count). The van der Waals surface area contributed by atoms with Crippen molar-refractivity contribution in [2.75, 3.05) is 6.61 Å². The molecule has 0 radical (unpaired) electrons. The molecule has 1 aromatic rings. The number of aliphatic hydroxyl groups excluding tert-OH is 3. The Morgan fingerprint density at radius 1 is 1.29 bits per heavy atom. The molecule has 0 spiro atoms. The van der Waals surface area contributed by atoms with Gasteiger partial charge in [0, 0.05) is 6.20 Å². The lowest BCUT2D eigenvalue weighted by molar-refractivity contribution is -0.140. The van der Waals surface area contributed by atoms with E-state index in [-0.39, 0.29) is 6.20 Å². The third-order valence-electron chi connectivity index (χ3n) is 3.06. The fourth-order valence-corrected chi connectivity index (χ4v) is 1.99. The summed E-state index contributed by atoms with van der Waals surface area (Å²) in [4.78, 5) is 24.2. The molecule has 1 saturated heterocycles. The van der Waals surface area contributed by atoms with Gasteiger partial charge in [0.2, 0.25) is 0 Å². The maximum atomic E-state index is 12.6. The van der Waals surface area contributed by atoms with Crippen LogP contribution in [0.1, 0.15) is 11.8 Å². The Bertz CT molecular complexity index is 639. The summed E-state index contributed by atoms with van der Waals surface area (Å²) in [6, 6.07) is 0. The van der Waals surface area contributed by atoms with Crippen molar-refractivity contribution in [2.24, 2.45) is 0 Å². The first-order chi connectivity index (χ1) is 9.66. The summed E-state index contributed by atoms with van der Waals surface area (Å²) >= 11 is 0. The minimum absolute atomic E-state index is 0.196. The molecular formula is C10H11F3N2O6. The van der Waals surface area contributed by atoms with Gasteiger partial charge in [-0.25, -0.2) is 4.79 Å². The number of aromatic nitrogens is 2.